The fourth-order valence-electron chi connectivity index (χ4n) is 9.21. The van der Waals surface area contributed by atoms with Gasteiger partial charge in [0.1, 0.15) is 6.04 Å². The van der Waals surface area contributed by atoms with Crippen molar-refractivity contribution in [3.05, 3.63) is 83.4 Å². The van der Waals surface area contributed by atoms with Crippen LogP contribution in [-0.4, -0.2) is 42.6 Å². The second-order valence-corrected chi connectivity index (χ2v) is 15.7. The second kappa shape index (κ2) is 12.1. The molecule has 5 aliphatic rings. The number of aryl methyl sites for hydroxylation is 1. The van der Waals surface area contributed by atoms with Crippen molar-refractivity contribution >= 4 is 29.7 Å². The van der Waals surface area contributed by atoms with E-state index >= 15 is 0 Å². The highest BCUT2D eigenvalue weighted by molar-refractivity contribution is 6.48. The maximum absolute atomic E-state index is 14.4. The summed E-state index contributed by atoms with van der Waals surface area (Å²) in [7, 11) is -0.515. The molecule has 2 bridgehead atoms. The van der Waals surface area contributed by atoms with Crippen LogP contribution in [0.1, 0.15) is 89.3 Å². The van der Waals surface area contributed by atoms with Crippen LogP contribution in [0.3, 0.4) is 0 Å². The van der Waals surface area contributed by atoms with Gasteiger partial charge in [-0.2, -0.15) is 0 Å². The monoisotopic (exact) mass is 620 g/mol. The maximum atomic E-state index is 14.4. The van der Waals surface area contributed by atoms with Crippen LogP contribution in [0.2, 0.25) is 0 Å². The Morgan fingerprint density at radius 2 is 1.72 bits per heavy atom. The standard InChI is InChI=1S/C39H49BN2O4/c1-24(2)19-35(40-45-34-23-29-22-33(38(29,3)4)39(34,5)46-40)42-37(44)32(21-25-17-18-26-11-6-7-13-28(26)20-25)41-36(43)31-16-10-14-27-12-8-9-15-30(27)31/h6-9,11-13,15,17-18,20,24,29,31-35H,10,14,16,19,21-23H2,1-5H3,(H,41,43)(H,42,44)/t29-,31?,32-,33-,34+,35-,39-/m0/s1. The minimum atomic E-state index is -0.733. The number of benzene rings is 3. The van der Waals surface area contributed by atoms with Gasteiger partial charge in [-0.3, -0.25) is 9.59 Å². The maximum Gasteiger partial charge on any atom is 0.481 e. The largest absolute Gasteiger partial charge is 0.481 e. The van der Waals surface area contributed by atoms with Gasteiger partial charge in [-0.1, -0.05) is 94.4 Å². The van der Waals surface area contributed by atoms with Gasteiger partial charge in [0, 0.05) is 6.42 Å². The SMILES string of the molecule is CC(C)C[C@H](NC(=O)[C@H](Cc1ccc2ccccc2c1)NC(=O)C1CCCc2ccccc21)B1O[C@@H]2C[C@@H]3C[C@@H](C3(C)C)[C@]2(C)O1. The summed E-state index contributed by atoms with van der Waals surface area (Å²) >= 11 is 0. The molecule has 0 spiro atoms. The van der Waals surface area contributed by atoms with E-state index in [1.54, 1.807) is 0 Å². The molecular weight excluding hydrogens is 571 g/mol. The van der Waals surface area contributed by atoms with Crippen LogP contribution < -0.4 is 10.6 Å². The van der Waals surface area contributed by atoms with Gasteiger partial charge in [0.05, 0.1) is 23.6 Å². The van der Waals surface area contributed by atoms with Crippen molar-refractivity contribution in [2.75, 3.05) is 0 Å². The third kappa shape index (κ3) is 5.68. The Balaban J connectivity index is 1.14. The number of amides is 2. The van der Waals surface area contributed by atoms with Crippen molar-refractivity contribution in [1.82, 2.24) is 10.6 Å². The molecule has 6 nitrogen and oxygen atoms in total. The predicted octanol–water partition coefficient (Wildman–Crippen LogP) is 6.79. The van der Waals surface area contributed by atoms with E-state index in [1.807, 2.05) is 24.3 Å². The zero-order valence-electron chi connectivity index (χ0n) is 28.1. The Hall–Kier alpha value is -3.16. The molecule has 0 aromatic heterocycles. The minimum absolute atomic E-state index is 0.0420. The number of rotatable bonds is 9. The number of fused-ring (bicyclic) bond motifs is 2. The van der Waals surface area contributed by atoms with Gasteiger partial charge in [0.2, 0.25) is 11.8 Å². The average molecular weight is 621 g/mol. The lowest BCUT2D eigenvalue weighted by Gasteiger charge is -2.64. The molecule has 242 valence electrons. The first kappa shape index (κ1) is 31.4. The van der Waals surface area contributed by atoms with Crippen molar-refractivity contribution < 1.29 is 18.9 Å². The molecule has 0 radical (unpaired) electrons. The molecule has 1 heterocycles. The van der Waals surface area contributed by atoms with E-state index in [9.17, 15) is 9.59 Å². The molecule has 4 aliphatic carbocycles. The van der Waals surface area contributed by atoms with E-state index in [-0.39, 0.29) is 40.8 Å². The fraction of sp³-hybridized carbons (Fsp3) is 0.538. The quantitative estimate of drug-likeness (QED) is 0.259. The molecule has 1 saturated heterocycles. The smallest absolute Gasteiger partial charge is 0.404 e. The lowest BCUT2D eigenvalue weighted by atomic mass is 9.43. The zero-order valence-corrected chi connectivity index (χ0v) is 28.1. The van der Waals surface area contributed by atoms with E-state index in [0.717, 1.165) is 54.0 Å². The molecule has 3 saturated carbocycles. The number of nitrogens with one attached hydrogen (secondary N) is 2. The Labute approximate surface area is 274 Å². The van der Waals surface area contributed by atoms with Crippen LogP contribution in [0, 0.1) is 23.2 Å². The molecule has 8 rings (SSSR count). The Morgan fingerprint density at radius 3 is 2.50 bits per heavy atom. The highest BCUT2D eigenvalue weighted by Gasteiger charge is 2.68. The molecule has 4 fully saturated rings. The summed E-state index contributed by atoms with van der Waals surface area (Å²) < 4.78 is 13.5. The fourth-order valence-corrected chi connectivity index (χ4v) is 9.21. The zero-order chi connectivity index (χ0) is 32.2. The summed E-state index contributed by atoms with van der Waals surface area (Å²) in [5.41, 5.74) is 3.22. The van der Waals surface area contributed by atoms with Gasteiger partial charge < -0.3 is 19.9 Å². The molecule has 7 atom stereocenters. The molecule has 3 aromatic carbocycles. The minimum Gasteiger partial charge on any atom is -0.404 e. The van der Waals surface area contributed by atoms with Crippen molar-refractivity contribution in [3.63, 3.8) is 0 Å². The number of hydrogen-bond acceptors (Lipinski definition) is 4. The highest BCUT2D eigenvalue weighted by Crippen LogP contribution is 2.65. The van der Waals surface area contributed by atoms with Gasteiger partial charge in [-0.05, 0) is 96.1 Å². The summed E-state index contributed by atoms with van der Waals surface area (Å²) in [6.45, 7) is 11.3. The van der Waals surface area contributed by atoms with Crippen LogP contribution >= 0.6 is 0 Å². The van der Waals surface area contributed by atoms with E-state index in [4.69, 9.17) is 9.31 Å². The van der Waals surface area contributed by atoms with Crippen LogP contribution in [-0.2, 0) is 31.7 Å². The van der Waals surface area contributed by atoms with Gasteiger partial charge in [0.15, 0.2) is 0 Å². The molecule has 1 unspecified atom stereocenters. The van der Waals surface area contributed by atoms with Crippen LogP contribution in [0.25, 0.3) is 10.8 Å². The molecule has 3 aromatic rings. The first-order valence-electron chi connectivity index (χ1n) is 17.5. The highest BCUT2D eigenvalue weighted by atomic mass is 16.7. The Kier molecular flexibility index (Phi) is 8.30. The second-order valence-electron chi connectivity index (χ2n) is 15.7. The van der Waals surface area contributed by atoms with Gasteiger partial charge in [0.25, 0.3) is 0 Å². The summed E-state index contributed by atoms with van der Waals surface area (Å²) in [6.07, 6.45) is 6.08. The van der Waals surface area contributed by atoms with Gasteiger partial charge >= 0.3 is 7.12 Å². The number of carbonyl (C=O) groups is 2. The third-order valence-corrected chi connectivity index (χ3v) is 11.9. The molecule has 2 amide bonds. The van der Waals surface area contributed by atoms with E-state index in [0.29, 0.717) is 24.2 Å². The normalized spacial score (nSPS) is 29.0. The molecular formula is C39H49BN2O4. The topological polar surface area (TPSA) is 76.7 Å². The molecule has 2 N–H and O–H groups in total. The molecule has 46 heavy (non-hydrogen) atoms. The summed E-state index contributed by atoms with van der Waals surface area (Å²) in [6, 6.07) is 22.0. The van der Waals surface area contributed by atoms with Crippen molar-refractivity contribution in [3.8, 4) is 0 Å². The van der Waals surface area contributed by atoms with Crippen LogP contribution in [0.15, 0.2) is 66.7 Å². The molecule has 7 heteroatoms. The number of hydrogen-bond donors (Lipinski definition) is 2. The predicted molar refractivity (Wildman–Crippen MR) is 183 cm³/mol. The van der Waals surface area contributed by atoms with Gasteiger partial charge in [-0.15, -0.1) is 0 Å². The Morgan fingerprint density at radius 1 is 0.957 bits per heavy atom. The summed E-state index contributed by atoms with van der Waals surface area (Å²) in [4.78, 5) is 28.3. The third-order valence-electron chi connectivity index (χ3n) is 11.9. The molecule has 1 aliphatic heterocycles. The van der Waals surface area contributed by atoms with Crippen molar-refractivity contribution in [2.24, 2.45) is 23.2 Å². The number of carbonyl (C=O) groups excluding carboxylic acids is 2. The first-order valence-corrected chi connectivity index (χ1v) is 17.5. The Bertz CT molecular complexity index is 1620. The van der Waals surface area contributed by atoms with E-state index in [2.05, 4.69) is 87.7 Å². The van der Waals surface area contributed by atoms with Crippen molar-refractivity contribution in [1.29, 1.82) is 0 Å². The first-order chi connectivity index (χ1) is 22.0. The summed E-state index contributed by atoms with van der Waals surface area (Å²) in [5.74, 6) is 0.579. The lowest BCUT2D eigenvalue weighted by molar-refractivity contribution is -0.199. The van der Waals surface area contributed by atoms with E-state index < -0.39 is 13.2 Å². The lowest BCUT2D eigenvalue weighted by Crippen LogP contribution is -2.65. The van der Waals surface area contributed by atoms with Gasteiger partial charge in [-0.25, -0.2) is 0 Å². The van der Waals surface area contributed by atoms with Crippen LogP contribution in [0.4, 0.5) is 0 Å². The summed E-state index contributed by atoms with van der Waals surface area (Å²) in [5, 5.41) is 8.84. The van der Waals surface area contributed by atoms with Crippen LogP contribution in [0.5, 0.6) is 0 Å². The van der Waals surface area contributed by atoms with E-state index in [1.165, 1.54) is 12.0 Å². The average Bonchev–Trinajstić information content (AvgIpc) is 3.41. The van der Waals surface area contributed by atoms with Crippen molar-refractivity contribution in [2.45, 2.75) is 109 Å².